The first-order chi connectivity index (χ1) is 9.70. The zero-order valence-corrected chi connectivity index (χ0v) is 11.1. The van der Waals surface area contributed by atoms with Crippen molar-refractivity contribution in [3.05, 3.63) is 47.8 Å². The summed E-state index contributed by atoms with van der Waals surface area (Å²) in [4.78, 5) is -0.416. The molecule has 0 aliphatic rings. The molecule has 0 aliphatic carbocycles. The van der Waals surface area contributed by atoms with Crippen molar-refractivity contribution < 1.29 is 26.7 Å². The van der Waals surface area contributed by atoms with Gasteiger partial charge in [-0.05, 0) is 18.2 Å². The Labute approximate surface area is 117 Å². The van der Waals surface area contributed by atoms with Gasteiger partial charge in [-0.1, -0.05) is 0 Å². The van der Waals surface area contributed by atoms with Gasteiger partial charge in [0.2, 0.25) is 0 Å². The molecule has 21 heavy (non-hydrogen) atoms. The van der Waals surface area contributed by atoms with Crippen LogP contribution in [0.4, 0.5) is 24.5 Å². The molecule has 9 heteroatoms. The van der Waals surface area contributed by atoms with Crippen LogP contribution in [0.25, 0.3) is 0 Å². The molecule has 2 aromatic rings. The summed E-state index contributed by atoms with van der Waals surface area (Å²) in [6, 6.07) is 3.60. The molecule has 0 bridgehead atoms. The summed E-state index contributed by atoms with van der Waals surface area (Å²) in [5.41, 5.74) is 4.12. The predicted molar refractivity (Wildman–Crippen MR) is 69.6 cm³/mol. The molecule has 2 rings (SSSR count). The molecule has 0 aromatic heterocycles. The fraction of sp³-hybridized carbons (Fsp3) is 0. The largest absolute Gasteiger partial charge is 0.506 e. The van der Waals surface area contributed by atoms with Gasteiger partial charge < -0.3 is 10.8 Å². The SMILES string of the molecule is Nc1cc(S(=O)(=O)Nc2c(F)cc(F)cc2F)ccc1O. The van der Waals surface area contributed by atoms with Crippen LogP contribution in [0.5, 0.6) is 5.75 Å². The molecule has 0 spiro atoms. The van der Waals surface area contributed by atoms with Crippen LogP contribution in [-0.2, 0) is 10.0 Å². The highest BCUT2D eigenvalue weighted by molar-refractivity contribution is 7.92. The molecule has 0 fully saturated rings. The van der Waals surface area contributed by atoms with Crippen LogP contribution in [0.1, 0.15) is 0 Å². The van der Waals surface area contributed by atoms with Crippen molar-refractivity contribution >= 4 is 21.4 Å². The fourth-order valence-electron chi connectivity index (χ4n) is 1.53. The number of halogens is 3. The second kappa shape index (κ2) is 5.17. The third-order valence-corrected chi connectivity index (χ3v) is 3.90. The fourth-order valence-corrected chi connectivity index (χ4v) is 2.64. The van der Waals surface area contributed by atoms with Gasteiger partial charge in [0.25, 0.3) is 10.0 Å². The van der Waals surface area contributed by atoms with Gasteiger partial charge in [-0.25, -0.2) is 21.6 Å². The zero-order chi connectivity index (χ0) is 15.8. The minimum atomic E-state index is -4.35. The summed E-state index contributed by atoms with van der Waals surface area (Å²) in [6.45, 7) is 0. The average molecular weight is 318 g/mol. The minimum absolute atomic E-state index is 0.224. The normalized spacial score (nSPS) is 11.4. The number of hydrogen-bond donors (Lipinski definition) is 3. The van der Waals surface area contributed by atoms with Crippen molar-refractivity contribution in [3.8, 4) is 5.75 Å². The predicted octanol–water partition coefficient (Wildman–Crippen LogP) is 2.19. The number of phenols is 1. The summed E-state index contributed by atoms with van der Waals surface area (Å²) in [5.74, 6) is -4.32. The molecule has 0 unspecified atom stereocenters. The Bertz CT molecular complexity index is 786. The van der Waals surface area contributed by atoms with E-state index in [0.29, 0.717) is 12.1 Å². The highest BCUT2D eigenvalue weighted by Gasteiger charge is 2.21. The van der Waals surface area contributed by atoms with Gasteiger partial charge in [0, 0.05) is 12.1 Å². The van der Waals surface area contributed by atoms with E-state index in [9.17, 15) is 26.7 Å². The average Bonchev–Trinajstić information content (AvgIpc) is 2.37. The first kappa shape index (κ1) is 15.0. The number of hydrogen-bond acceptors (Lipinski definition) is 4. The van der Waals surface area contributed by atoms with Crippen LogP contribution in [0.15, 0.2) is 35.2 Å². The number of nitrogen functional groups attached to an aromatic ring is 1. The second-order valence-corrected chi connectivity index (χ2v) is 5.75. The third-order valence-electron chi connectivity index (χ3n) is 2.55. The Hall–Kier alpha value is -2.42. The summed E-state index contributed by atoms with van der Waals surface area (Å²) < 4.78 is 65.2. The molecule has 0 saturated carbocycles. The van der Waals surface area contributed by atoms with Gasteiger partial charge in [0.1, 0.15) is 17.3 Å². The van der Waals surface area contributed by atoms with Crippen LogP contribution >= 0.6 is 0 Å². The molecule has 5 nitrogen and oxygen atoms in total. The van der Waals surface area contributed by atoms with Crippen molar-refractivity contribution in [2.45, 2.75) is 4.90 Å². The van der Waals surface area contributed by atoms with E-state index in [0.717, 1.165) is 18.2 Å². The van der Waals surface area contributed by atoms with Crippen molar-refractivity contribution in [1.29, 1.82) is 0 Å². The quantitative estimate of drug-likeness (QED) is 0.597. The summed E-state index contributed by atoms with van der Waals surface area (Å²) >= 11 is 0. The van der Waals surface area contributed by atoms with E-state index in [-0.39, 0.29) is 11.4 Å². The molecule has 4 N–H and O–H groups in total. The molecular weight excluding hydrogens is 309 g/mol. The number of benzene rings is 2. The molecule has 0 aliphatic heterocycles. The van der Waals surface area contributed by atoms with Crippen molar-refractivity contribution in [1.82, 2.24) is 0 Å². The smallest absolute Gasteiger partial charge is 0.262 e. The van der Waals surface area contributed by atoms with Gasteiger partial charge in [0.05, 0.1) is 10.6 Å². The number of rotatable bonds is 3. The maximum Gasteiger partial charge on any atom is 0.262 e. The first-order valence-electron chi connectivity index (χ1n) is 5.46. The van der Waals surface area contributed by atoms with Crippen LogP contribution in [0.2, 0.25) is 0 Å². The lowest BCUT2D eigenvalue weighted by molar-refractivity contribution is 0.477. The van der Waals surface area contributed by atoms with Crippen LogP contribution in [0, 0.1) is 17.5 Å². The van der Waals surface area contributed by atoms with Gasteiger partial charge in [-0.3, -0.25) is 4.72 Å². The third kappa shape index (κ3) is 3.02. The van der Waals surface area contributed by atoms with Crippen molar-refractivity contribution in [3.63, 3.8) is 0 Å². The molecule has 0 atom stereocenters. The van der Waals surface area contributed by atoms with Gasteiger partial charge in [-0.15, -0.1) is 0 Å². The standard InChI is InChI=1S/C12H9F3N2O3S/c13-6-3-8(14)12(9(15)4-6)17-21(19,20)7-1-2-11(18)10(16)5-7/h1-5,17-18H,16H2. The monoisotopic (exact) mass is 318 g/mol. The first-order valence-corrected chi connectivity index (χ1v) is 6.95. The lowest BCUT2D eigenvalue weighted by atomic mass is 10.3. The summed E-state index contributed by atoms with van der Waals surface area (Å²) in [5, 5.41) is 9.22. The Kier molecular flexibility index (Phi) is 3.69. The Morgan fingerprint density at radius 1 is 1.05 bits per heavy atom. The highest BCUT2D eigenvalue weighted by Crippen LogP contribution is 2.27. The van der Waals surface area contributed by atoms with E-state index < -0.39 is 38.1 Å². The number of phenolic OH excluding ortho intramolecular Hbond substituents is 1. The van der Waals surface area contributed by atoms with Crippen molar-refractivity contribution in [2.24, 2.45) is 0 Å². The number of nitrogens with one attached hydrogen (secondary N) is 1. The maximum atomic E-state index is 13.4. The Morgan fingerprint density at radius 3 is 2.14 bits per heavy atom. The van der Waals surface area contributed by atoms with Crippen LogP contribution in [-0.4, -0.2) is 13.5 Å². The van der Waals surface area contributed by atoms with Gasteiger partial charge in [0.15, 0.2) is 11.6 Å². The zero-order valence-electron chi connectivity index (χ0n) is 10.3. The Balaban J connectivity index is 2.44. The maximum absolute atomic E-state index is 13.4. The molecule has 0 saturated heterocycles. The van der Waals surface area contributed by atoms with E-state index in [1.54, 1.807) is 4.72 Å². The van der Waals surface area contributed by atoms with E-state index >= 15 is 0 Å². The van der Waals surface area contributed by atoms with Gasteiger partial charge in [-0.2, -0.15) is 0 Å². The number of anilines is 2. The molecule has 0 heterocycles. The van der Waals surface area contributed by atoms with E-state index in [4.69, 9.17) is 5.73 Å². The molecule has 0 radical (unpaired) electrons. The topological polar surface area (TPSA) is 92.4 Å². The second-order valence-electron chi connectivity index (χ2n) is 4.07. The number of aromatic hydroxyl groups is 1. The van der Waals surface area contributed by atoms with Crippen molar-refractivity contribution in [2.75, 3.05) is 10.5 Å². The summed E-state index contributed by atoms with van der Waals surface area (Å²) in [7, 11) is -4.35. The highest BCUT2D eigenvalue weighted by atomic mass is 32.2. The lowest BCUT2D eigenvalue weighted by Gasteiger charge is -2.11. The Morgan fingerprint density at radius 2 is 1.62 bits per heavy atom. The lowest BCUT2D eigenvalue weighted by Crippen LogP contribution is -2.15. The number of sulfonamides is 1. The van der Waals surface area contributed by atoms with E-state index in [2.05, 4.69) is 0 Å². The van der Waals surface area contributed by atoms with Gasteiger partial charge >= 0.3 is 0 Å². The molecule has 2 aromatic carbocycles. The molecule has 0 amide bonds. The van der Waals surface area contributed by atoms with E-state index in [1.165, 1.54) is 0 Å². The van der Waals surface area contributed by atoms with Crippen LogP contribution < -0.4 is 10.5 Å². The summed E-state index contributed by atoms with van der Waals surface area (Å²) in [6.07, 6.45) is 0. The molecule has 112 valence electrons. The van der Waals surface area contributed by atoms with E-state index in [1.807, 2.05) is 0 Å². The molecular formula is C12H9F3N2O3S. The van der Waals surface area contributed by atoms with Crippen LogP contribution in [0.3, 0.4) is 0 Å². The minimum Gasteiger partial charge on any atom is -0.506 e. The number of nitrogens with two attached hydrogens (primary N) is 1.